The van der Waals surface area contributed by atoms with E-state index in [0.717, 1.165) is 17.7 Å². The van der Waals surface area contributed by atoms with Crippen molar-refractivity contribution in [3.05, 3.63) is 37.1 Å². The highest BCUT2D eigenvalue weighted by Gasteiger charge is 2.59. The molecule has 324 valence electrons. The number of rotatable bonds is 12. The maximum atomic E-state index is 14.3. The number of aliphatic hydroxyl groups is 2. The molecule has 3 fully saturated rings. The average molecular weight is 815 g/mol. The number of nitrogens with zero attached hydrogens (tertiary/aromatic N) is 5. The lowest BCUT2D eigenvalue weighted by Gasteiger charge is -2.47. The van der Waals surface area contributed by atoms with Crippen molar-refractivity contribution >= 4 is 17.8 Å². The van der Waals surface area contributed by atoms with Gasteiger partial charge in [0, 0.05) is 68.4 Å². The monoisotopic (exact) mass is 814 g/mol. The van der Waals surface area contributed by atoms with Gasteiger partial charge < -0.3 is 48.7 Å². The number of Topliss-reactive ketones (excluding diaryl/α,β-unsaturated/α-hetero) is 1. The minimum atomic E-state index is -1.24. The van der Waals surface area contributed by atoms with Crippen LogP contribution in [-0.4, -0.2) is 153 Å². The Kier molecular flexibility index (Phi) is 15.1. The molecule has 3 aliphatic heterocycles. The van der Waals surface area contributed by atoms with Crippen LogP contribution in [0.5, 0.6) is 0 Å². The van der Waals surface area contributed by atoms with Gasteiger partial charge in [0.15, 0.2) is 17.7 Å². The van der Waals surface area contributed by atoms with Crippen LogP contribution in [0.1, 0.15) is 80.6 Å². The molecule has 3 saturated heterocycles. The first kappa shape index (κ1) is 45.6. The molecule has 0 aromatic carbocycles. The van der Waals surface area contributed by atoms with Gasteiger partial charge in [0.05, 0.1) is 42.5 Å². The number of pyridine rings is 1. The Morgan fingerprint density at radius 2 is 1.83 bits per heavy atom. The number of unbranched alkanes of at least 4 members (excludes halogenated alkanes) is 1. The van der Waals surface area contributed by atoms with Gasteiger partial charge in [-0.1, -0.05) is 13.8 Å². The molecule has 1 amide bonds. The third-order valence-corrected chi connectivity index (χ3v) is 12.5. The molecule has 58 heavy (non-hydrogen) atoms. The van der Waals surface area contributed by atoms with Crippen LogP contribution in [0, 0.1) is 11.8 Å². The normalized spacial score (nSPS) is 36.7. The van der Waals surface area contributed by atoms with Gasteiger partial charge in [0.2, 0.25) is 0 Å². The Bertz CT molecular complexity index is 1680. The quantitative estimate of drug-likeness (QED) is 0.161. The van der Waals surface area contributed by atoms with Crippen LogP contribution in [0.2, 0.25) is 0 Å². The van der Waals surface area contributed by atoms with Crippen molar-refractivity contribution in [1.29, 1.82) is 0 Å². The van der Waals surface area contributed by atoms with Crippen LogP contribution in [-0.2, 0) is 39.8 Å². The van der Waals surface area contributed by atoms with Gasteiger partial charge in [-0.05, 0) is 93.0 Å². The van der Waals surface area contributed by atoms with Gasteiger partial charge in [-0.15, -0.1) is 0 Å². The molecule has 0 unspecified atom stereocenters. The van der Waals surface area contributed by atoms with Crippen molar-refractivity contribution in [2.24, 2.45) is 11.8 Å². The third-order valence-electron chi connectivity index (χ3n) is 12.5. The van der Waals surface area contributed by atoms with E-state index in [1.165, 1.54) is 6.92 Å². The lowest BCUT2D eigenvalue weighted by molar-refractivity contribution is -0.300. The summed E-state index contributed by atoms with van der Waals surface area (Å²) in [6, 6.07) is 2.28. The molecule has 0 spiro atoms. The predicted molar refractivity (Wildman–Crippen MR) is 214 cm³/mol. The standard InChI is InChI=1S/C42H66N6O10/c1-11-33-42(7)36(48(40(53)58-42)18-13-12-17-47-22-31(44-24-47)29-15-14-16-43-21-29)28(5)45-25(2)20-41(6,54-10)37(26(3)34(50)27(4)38(52)56-33)57-39-35(51)32(46(8)9)19-30(23-49)55-39/h14-16,21-22,24-28,30,32-33,35-37,39,45,49,51H,11-13,17-20,23H2,1-10H3/t25-,26+,27-,28-,30+,32+,33-,35-,36-,37-,39+,41+,42-/m1/s1. The maximum absolute atomic E-state index is 14.3. The first-order chi connectivity index (χ1) is 27.5. The number of fused-ring (bicyclic) bond motifs is 1. The number of carbonyl (C=O) groups excluding carboxylic acids is 3. The van der Waals surface area contributed by atoms with Crippen molar-refractivity contribution in [2.75, 3.05) is 34.4 Å². The molecule has 16 heteroatoms. The Hall–Kier alpha value is -3.51. The molecule has 2 aromatic heterocycles. The molecule has 0 saturated carbocycles. The molecular formula is C42H66N6O10. The number of imidazole rings is 1. The van der Waals surface area contributed by atoms with Crippen LogP contribution < -0.4 is 5.32 Å². The van der Waals surface area contributed by atoms with Crippen molar-refractivity contribution in [2.45, 2.75) is 153 Å². The largest absolute Gasteiger partial charge is 0.458 e. The van der Waals surface area contributed by atoms with E-state index in [1.807, 2.05) is 76.5 Å². The highest BCUT2D eigenvalue weighted by molar-refractivity contribution is 6.00. The lowest BCUT2D eigenvalue weighted by Crippen LogP contribution is -2.63. The lowest BCUT2D eigenvalue weighted by atomic mass is 9.78. The summed E-state index contributed by atoms with van der Waals surface area (Å²) >= 11 is 0. The van der Waals surface area contributed by atoms with E-state index in [1.54, 1.807) is 37.7 Å². The van der Waals surface area contributed by atoms with Gasteiger partial charge in [0.25, 0.3) is 0 Å². The van der Waals surface area contributed by atoms with Crippen molar-refractivity contribution in [3.63, 3.8) is 0 Å². The Morgan fingerprint density at radius 1 is 1.10 bits per heavy atom. The highest BCUT2D eigenvalue weighted by atomic mass is 16.7. The number of cyclic esters (lactones) is 1. The number of amides is 1. The van der Waals surface area contributed by atoms with Gasteiger partial charge in [-0.3, -0.25) is 19.5 Å². The summed E-state index contributed by atoms with van der Waals surface area (Å²) in [6.45, 7) is 13.5. The fourth-order valence-electron chi connectivity index (χ4n) is 9.33. The summed E-state index contributed by atoms with van der Waals surface area (Å²) in [7, 11) is 5.21. The molecule has 2 aromatic rings. The summed E-state index contributed by atoms with van der Waals surface area (Å²) in [5.41, 5.74) is -0.628. The second-order valence-electron chi connectivity index (χ2n) is 17.1. The van der Waals surface area contributed by atoms with E-state index in [2.05, 4.69) is 15.3 Å². The second kappa shape index (κ2) is 19.3. The number of aliphatic hydroxyl groups excluding tert-OH is 2. The smallest absolute Gasteiger partial charge is 0.410 e. The van der Waals surface area contributed by atoms with Gasteiger partial charge in [-0.25, -0.2) is 9.78 Å². The molecule has 0 bridgehead atoms. The molecule has 16 nitrogen and oxygen atoms in total. The zero-order valence-electron chi connectivity index (χ0n) is 35.9. The number of nitrogens with one attached hydrogen (secondary N) is 1. The zero-order chi connectivity index (χ0) is 42.5. The molecule has 13 atom stereocenters. The van der Waals surface area contributed by atoms with Crippen molar-refractivity contribution in [3.8, 4) is 11.3 Å². The molecule has 0 radical (unpaired) electrons. The van der Waals surface area contributed by atoms with E-state index in [4.69, 9.17) is 23.7 Å². The number of likely N-dealkylation sites (N-methyl/N-ethyl adjacent to an activating group) is 1. The second-order valence-corrected chi connectivity index (χ2v) is 17.1. The first-order valence-corrected chi connectivity index (χ1v) is 20.7. The number of aryl methyl sites for hydroxylation is 1. The van der Waals surface area contributed by atoms with Crippen LogP contribution in [0.4, 0.5) is 4.79 Å². The van der Waals surface area contributed by atoms with E-state index >= 15 is 0 Å². The Labute approximate surface area is 342 Å². The minimum absolute atomic E-state index is 0.259. The predicted octanol–water partition coefficient (Wildman–Crippen LogP) is 3.43. The van der Waals surface area contributed by atoms with Crippen LogP contribution in [0.15, 0.2) is 37.1 Å². The third kappa shape index (κ3) is 9.75. The number of ether oxygens (including phenoxy) is 5. The molecule has 3 N–H and O–H groups in total. The van der Waals surface area contributed by atoms with Crippen LogP contribution >= 0.6 is 0 Å². The number of hydrogen-bond acceptors (Lipinski definition) is 14. The summed E-state index contributed by atoms with van der Waals surface area (Å²) < 4.78 is 33.3. The topological polar surface area (TPSA) is 187 Å². The van der Waals surface area contributed by atoms with Gasteiger partial charge in [-0.2, -0.15) is 0 Å². The highest BCUT2D eigenvalue weighted by Crippen LogP contribution is 2.40. The SMILES string of the molecule is CC[C@H]1OC(=O)[C@H](C)C(=O)[C@H](C)[C@@H](O[C@@H]2O[C@H](CO)C[C@H](N(C)C)[C@H]2O)[C@@](C)(OC)C[C@@H](C)N[C@H](C)[C@H]2N(CCCCn3cnc(-c4cccnc4)c3)C(=O)O[C@]12C. The molecule has 0 aliphatic carbocycles. The fraction of sp³-hybridized carbons (Fsp3) is 0.738. The van der Waals surface area contributed by atoms with Gasteiger partial charge >= 0.3 is 12.1 Å². The molecular weight excluding hydrogens is 748 g/mol. The number of esters is 1. The molecule has 3 aliphatic rings. The number of hydrogen-bond donors (Lipinski definition) is 3. The van der Waals surface area contributed by atoms with Crippen molar-refractivity contribution in [1.82, 2.24) is 29.7 Å². The van der Waals surface area contributed by atoms with E-state index in [0.29, 0.717) is 38.8 Å². The Balaban J connectivity index is 1.40. The maximum Gasteiger partial charge on any atom is 0.410 e. The van der Waals surface area contributed by atoms with E-state index in [9.17, 15) is 24.6 Å². The summed E-state index contributed by atoms with van der Waals surface area (Å²) in [5.74, 6) is -3.31. The van der Waals surface area contributed by atoms with E-state index in [-0.39, 0.29) is 24.7 Å². The average Bonchev–Trinajstić information content (AvgIpc) is 3.78. The minimum Gasteiger partial charge on any atom is -0.458 e. The zero-order valence-corrected chi connectivity index (χ0v) is 35.9. The van der Waals surface area contributed by atoms with Crippen LogP contribution in [0.25, 0.3) is 11.3 Å². The van der Waals surface area contributed by atoms with Gasteiger partial charge in [0.1, 0.15) is 18.1 Å². The number of aromatic nitrogens is 3. The summed E-state index contributed by atoms with van der Waals surface area (Å²) in [6.07, 6.45) is 4.50. The summed E-state index contributed by atoms with van der Waals surface area (Å²) in [4.78, 5) is 54.4. The first-order valence-electron chi connectivity index (χ1n) is 20.7. The summed E-state index contributed by atoms with van der Waals surface area (Å²) in [5, 5.41) is 25.2. The van der Waals surface area contributed by atoms with E-state index < -0.39 is 77.6 Å². The fourth-order valence-corrected chi connectivity index (χ4v) is 9.33. The number of carbonyl (C=O) groups is 3. The number of ketones is 1. The molecule has 5 heterocycles. The Morgan fingerprint density at radius 3 is 2.47 bits per heavy atom. The van der Waals surface area contributed by atoms with Crippen LogP contribution in [0.3, 0.4) is 0 Å². The van der Waals surface area contributed by atoms with Crippen molar-refractivity contribution < 1.29 is 48.3 Å². The molecule has 5 rings (SSSR count). The number of methoxy groups -OCH3 is 1.